The van der Waals surface area contributed by atoms with Crippen molar-refractivity contribution in [1.29, 1.82) is 0 Å². The van der Waals surface area contributed by atoms with Crippen LogP contribution in [0.3, 0.4) is 0 Å². The first-order valence-electron chi connectivity index (χ1n) is 10.7. The molecule has 0 heterocycles. The number of hydrogen-bond donors (Lipinski definition) is 0. The van der Waals surface area contributed by atoms with Gasteiger partial charge in [0.25, 0.3) is 0 Å². The van der Waals surface area contributed by atoms with Crippen LogP contribution in [0.15, 0.2) is 97.1 Å². The first kappa shape index (κ1) is 22.7. The van der Waals surface area contributed by atoms with Crippen molar-refractivity contribution in [3.8, 4) is 23.0 Å². The second-order valence-electron chi connectivity index (χ2n) is 7.66. The second kappa shape index (κ2) is 9.97. The van der Waals surface area contributed by atoms with E-state index in [1.54, 1.807) is 28.4 Å². The Bertz CT molecular complexity index is 973. The first-order chi connectivity index (χ1) is 16.1. The fraction of sp³-hybridized carbons (Fsp3) is 0.143. The van der Waals surface area contributed by atoms with Crippen molar-refractivity contribution in [3.05, 3.63) is 97.1 Å². The molecule has 0 spiro atoms. The maximum atomic E-state index is 5.46. The van der Waals surface area contributed by atoms with Gasteiger partial charge in [-0.3, -0.25) is 0 Å². The number of methoxy groups -OCH3 is 4. The third kappa shape index (κ3) is 4.27. The predicted molar refractivity (Wildman–Crippen MR) is 139 cm³/mol. The van der Waals surface area contributed by atoms with E-state index in [-0.39, 0.29) is 0 Å². The van der Waals surface area contributed by atoms with Gasteiger partial charge in [-0.05, 0) is 0 Å². The molecule has 33 heavy (non-hydrogen) atoms. The molecule has 0 aliphatic carbocycles. The Hall–Kier alpha value is -3.49. The van der Waals surface area contributed by atoms with E-state index >= 15 is 0 Å². The predicted octanol–water partition coefficient (Wildman–Crippen LogP) is 4.07. The number of ether oxygens (including phenoxy) is 4. The number of benzene rings is 4. The van der Waals surface area contributed by atoms with Gasteiger partial charge in [0.2, 0.25) is 0 Å². The fourth-order valence-electron chi connectivity index (χ4n) is 4.36. The molecule has 0 saturated carbocycles. The molecule has 0 aliphatic heterocycles. The Balaban J connectivity index is 2.05. The summed E-state index contributed by atoms with van der Waals surface area (Å²) in [5.41, 5.74) is 0. The van der Waals surface area contributed by atoms with E-state index < -0.39 is 7.26 Å². The topological polar surface area (TPSA) is 36.9 Å². The zero-order valence-corrected chi connectivity index (χ0v) is 20.4. The minimum absolute atomic E-state index is 0.834. The number of rotatable bonds is 8. The number of hydrogen-bond acceptors (Lipinski definition) is 4. The molecule has 0 saturated heterocycles. The molecule has 0 bridgehead atoms. The molecule has 0 aliphatic rings. The zero-order valence-electron chi connectivity index (χ0n) is 19.4. The van der Waals surface area contributed by atoms with Crippen LogP contribution in [0.5, 0.6) is 23.0 Å². The third-order valence-electron chi connectivity index (χ3n) is 6.09. The molecule has 0 fully saturated rings. The van der Waals surface area contributed by atoms with Crippen LogP contribution in [0, 0.1) is 0 Å². The third-order valence-corrected chi connectivity index (χ3v) is 10.9. The van der Waals surface area contributed by atoms with Crippen molar-refractivity contribution >= 4 is 28.5 Å². The van der Waals surface area contributed by atoms with Gasteiger partial charge in [-0.1, -0.05) is 0 Å². The molecular formula is C28H29O4P. The summed E-state index contributed by atoms with van der Waals surface area (Å²) in [5.74, 6) is 3.34. The molecule has 4 aromatic carbocycles. The summed E-state index contributed by atoms with van der Waals surface area (Å²) < 4.78 is 21.8. The average molecular weight is 461 g/mol. The minimum atomic E-state index is -2.66. The van der Waals surface area contributed by atoms with Crippen molar-refractivity contribution in [2.45, 2.75) is 0 Å². The second-order valence-corrected chi connectivity index (χ2v) is 11.5. The SMILES string of the molecule is COc1ccc([PH](c2ccc(OC)cc2)(c2ccc(OC)cc2)c2ccc(OC)cc2)cc1. The Morgan fingerprint density at radius 1 is 0.333 bits per heavy atom. The maximum absolute atomic E-state index is 5.46. The van der Waals surface area contributed by atoms with Crippen LogP contribution < -0.4 is 40.2 Å². The van der Waals surface area contributed by atoms with E-state index in [4.69, 9.17) is 18.9 Å². The normalized spacial score (nSPS) is 11.5. The van der Waals surface area contributed by atoms with Gasteiger partial charge in [0, 0.05) is 0 Å². The average Bonchev–Trinajstić information content (AvgIpc) is 2.90. The van der Waals surface area contributed by atoms with Gasteiger partial charge in [-0.2, -0.15) is 0 Å². The van der Waals surface area contributed by atoms with Crippen LogP contribution in [-0.4, -0.2) is 28.4 Å². The van der Waals surface area contributed by atoms with E-state index in [2.05, 4.69) is 48.5 Å². The van der Waals surface area contributed by atoms with Gasteiger partial charge in [0.1, 0.15) is 0 Å². The first-order valence-corrected chi connectivity index (χ1v) is 12.7. The van der Waals surface area contributed by atoms with Gasteiger partial charge < -0.3 is 0 Å². The van der Waals surface area contributed by atoms with Crippen LogP contribution in [-0.2, 0) is 0 Å². The van der Waals surface area contributed by atoms with E-state index in [9.17, 15) is 0 Å². The summed E-state index contributed by atoms with van der Waals surface area (Å²) >= 11 is 0. The molecule has 4 nitrogen and oxygen atoms in total. The molecule has 170 valence electrons. The molecule has 5 heteroatoms. The van der Waals surface area contributed by atoms with Gasteiger partial charge in [0.15, 0.2) is 0 Å². The molecule has 0 amide bonds. The fourth-order valence-corrected chi connectivity index (χ4v) is 9.03. The molecule has 4 aromatic rings. The molecule has 0 atom stereocenters. The van der Waals surface area contributed by atoms with Crippen molar-refractivity contribution in [1.82, 2.24) is 0 Å². The quantitative estimate of drug-likeness (QED) is 0.372. The van der Waals surface area contributed by atoms with Gasteiger partial charge in [-0.15, -0.1) is 0 Å². The van der Waals surface area contributed by atoms with Crippen LogP contribution in [0.2, 0.25) is 0 Å². The van der Waals surface area contributed by atoms with E-state index in [1.807, 2.05) is 48.5 Å². The van der Waals surface area contributed by atoms with E-state index in [1.165, 1.54) is 21.2 Å². The Kier molecular flexibility index (Phi) is 6.86. The monoisotopic (exact) mass is 460 g/mol. The van der Waals surface area contributed by atoms with Crippen LogP contribution >= 0.6 is 7.26 Å². The molecule has 0 aromatic heterocycles. The van der Waals surface area contributed by atoms with Gasteiger partial charge in [0.05, 0.1) is 0 Å². The zero-order chi connectivity index (χ0) is 23.3. The Morgan fingerprint density at radius 3 is 0.667 bits per heavy atom. The van der Waals surface area contributed by atoms with E-state index in [0.29, 0.717) is 0 Å². The summed E-state index contributed by atoms with van der Waals surface area (Å²) in [7, 11) is 4.10. The molecule has 4 rings (SSSR count). The van der Waals surface area contributed by atoms with Crippen LogP contribution in [0.4, 0.5) is 0 Å². The van der Waals surface area contributed by atoms with Gasteiger partial charge >= 0.3 is 196 Å². The summed E-state index contributed by atoms with van der Waals surface area (Å²) in [5, 5.41) is 5.01. The molecule has 0 N–H and O–H groups in total. The summed E-state index contributed by atoms with van der Waals surface area (Å²) in [6.45, 7) is 0. The molecule has 0 unspecified atom stereocenters. The van der Waals surface area contributed by atoms with Crippen molar-refractivity contribution in [2.24, 2.45) is 0 Å². The Morgan fingerprint density at radius 2 is 0.515 bits per heavy atom. The van der Waals surface area contributed by atoms with Crippen LogP contribution in [0.25, 0.3) is 0 Å². The van der Waals surface area contributed by atoms with Crippen molar-refractivity contribution in [3.63, 3.8) is 0 Å². The summed E-state index contributed by atoms with van der Waals surface area (Å²) in [6.07, 6.45) is 0. The summed E-state index contributed by atoms with van der Waals surface area (Å²) in [4.78, 5) is 0. The standard InChI is InChI=1S/C28H29O4P/c1-29-21-5-13-25(14-6-21)33(26-15-7-22(30-2)8-16-26,27-17-9-23(31-3)10-18-27)28-19-11-24(32-4)12-20-28/h5-20,33H,1-4H3. The van der Waals surface area contributed by atoms with Crippen LogP contribution in [0.1, 0.15) is 0 Å². The van der Waals surface area contributed by atoms with E-state index in [0.717, 1.165) is 23.0 Å². The van der Waals surface area contributed by atoms with Crippen molar-refractivity contribution in [2.75, 3.05) is 28.4 Å². The van der Waals surface area contributed by atoms with Crippen molar-refractivity contribution < 1.29 is 18.9 Å². The Labute approximate surface area is 196 Å². The van der Waals surface area contributed by atoms with Gasteiger partial charge in [-0.25, -0.2) is 0 Å². The molecule has 0 radical (unpaired) electrons. The summed E-state index contributed by atoms with van der Waals surface area (Å²) in [6, 6.07) is 33.8. The molecular weight excluding hydrogens is 431 g/mol.